The van der Waals surface area contributed by atoms with Crippen LogP contribution in [0.1, 0.15) is 17.0 Å². The topological polar surface area (TPSA) is 126 Å². The van der Waals surface area contributed by atoms with Crippen LogP contribution in [0, 0.1) is 17.1 Å². The number of aromatic amines is 2. The van der Waals surface area contributed by atoms with Crippen molar-refractivity contribution in [3.8, 4) is 40.2 Å². The second-order valence-electron chi connectivity index (χ2n) is 7.18. The van der Waals surface area contributed by atoms with Gasteiger partial charge < -0.3 is 15.2 Å². The average molecular weight is 428 g/mol. The number of fused-ring (bicyclic) bond motifs is 1. The molecule has 0 saturated heterocycles. The number of halogens is 1. The molecule has 0 spiro atoms. The quantitative estimate of drug-likeness (QED) is 0.454. The normalized spacial score (nSPS) is 15.1. The van der Waals surface area contributed by atoms with Gasteiger partial charge in [0.15, 0.2) is 0 Å². The zero-order valence-electron chi connectivity index (χ0n) is 16.9. The Kier molecular flexibility index (Phi) is 4.60. The van der Waals surface area contributed by atoms with Gasteiger partial charge >= 0.3 is 0 Å². The average Bonchev–Trinajstić information content (AvgIpc) is 3.46. The summed E-state index contributed by atoms with van der Waals surface area (Å²) in [7, 11) is 1.60. The van der Waals surface area contributed by atoms with Crippen LogP contribution in [0.3, 0.4) is 0 Å². The van der Waals surface area contributed by atoms with E-state index in [1.54, 1.807) is 25.4 Å². The lowest BCUT2D eigenvalue weighted by molar-refractivity contribution is 0.379. The summed E-state index contributed by atoms with van der Waals surface area (Å²) in [5, 5.41) is 24.4. The Hall–Kier alpha value is -4.58. The van der Waals surface area contributed by atoms with E-state index < -0.39 is 5.92 Å². The third kappa shape index (κ3) is 3.06. The first-order valence-corrected chi connectivity index (χ1v) is 9.70. The van der Waals surface area contributed by atoms with Gasteiger partial charge in [0.2, 0.25) is 11.8 Å². The van der Waals surface area contributed by atoms with E-state index in [2.05, 4.69) is 26.5 Å². The van der Waals surface area contributed by atoms with Crippen LogP contribution in [0.25, 0.3) is 22.5 Å². The van der Waals surface area contributed by atoms with E-state index in [0.29, 0.717) is 28.3 Å². The van der Waals surface area contributed by atoms with E-state index in [0.717, 1.165) is 11.1 Å². The van der Waals surface area contributed by atoms with Crippen molar-refractivity contribution in [1.82, 2.24) is 20.4 Å². The van der Waals surface area contributed by atoms with Gasteiger partial charge in [-0.15, -0.1) is 5.10 Å². The van der Waals surface area contributed by atoms with E-state index in [9.17, 15) is 9.65 Å². The molecule has 0 bridgehead atoms. The molecule has 1 aliphatic rings. The highest BCUT2D eigenvalue weighted by molar-refractivity contribution is 5.74. The van der Waals surface area contributed by atoms with E-state index in [1.165, 1.54) is 12.1 Å². The SMILES string of the molecule is COc1ccc(-c2[nH]nc3c2C(c2cn[nH]c2-c2ccc(F)cc2)C(C#N)=C(N)O3)cc1. The summed E-state index contributed by atoms with van der Waals surface area (Å²) in [6.45, 7) is 0. The fraction of sp³-hybridized carbons (Fsp3) is 0.0870. The molecule has 0 fully saturated rings. The molecule has 5 rings (SSSR count). The Bertz CT molecular complexity index is 1360. The Labute approximate surface area is 182 Å². The molecule has 158 valence electrons. The largest absolute Gasteiger partial charge is 0.497 e. The Morgan fingerprint density at radius 2 is 1.75 bits per heavy atom. The smallest absolute Gasteiger partial charge is 0.244 e. The van der Waals surface area contributed by atoms with Crippen molar-refractivity contribution in [2.75, 3.05) is 7.11 Å². The lowest BCUT2D eigenvalue weighted by atomic mass is 9.82. The number of H-pyrrole nitrogens is 2. The van der Waals surface area contributed by atoms with Gasteiger partial charge in [0, 0.05) is 16.7 Å². The number of aromatic nitrogens is 4. The van der Waals surface area contributed by atoms with Crippen molar-refractivity contribution >= 4 is 0 Å². The van der Waals surface area contributed by atoms with E-state index >= 15 is 0 Å². The highest BCUT2D eigenvalue weighted by Gasteiger charge is 2.37. The molecule has 3 heterocycles. The van der Waals surface area contributed by atoms with E-state index in [4.69, 9.17) is 15.2 Å². The van der Waals surface area contributed by atoms with Gasteiger partial charge in [0.1, 0.15) is 23.2 Å². The molecule has 0 radical (unpaired) electrons. The van der Waals surface area contributed by atoms with Crippen LogP contribution in [0.4, 0.5) is 4.39 Å². The van der Waals surface area contributed by atoms with Gasteiger partial charge in [-0.25, -0.2) is 4.39 Å². The fourth-order valence-electron chi connectivity index (χ4n) is 3.90. The molecule has 4 aromatic rings. The van der Waals surface area contributed by atoms with Crippen molar-refractivity contribution in [3.05, 3.63) is 83.1 Å². The number of hydrogen-bond donors (Lipinski definition) is 3. The summed E-state index contributed by atoms with van der Waals surface area (Å²) >= 11 is 0. The minimum atomic E-state index is -0.599. The molecule has 9 heteroatoms. The molecule has 0 saturated carbocycles. The van der Waals surface area contributed by atoms with Gasteiger partial charge in [-0.3, -0.25) is 10.2 Å². The zero-order valence-corrected chi connectivity index (χ0v) is 16.9. The van der Waals surface area contributed by atoms with Crippen LogP contribution in [-0.4, -0.2) is 27.5 Å². The minimum absolute atomic E-state index is 0.0240. The first-order chi connectivity index (χ1) is 15.6. The number of allylic oxidation sites excluding steroid dienone is 1. The van der Waals surface area contributed by atoms with Gasteiger partial charge in [-0.2, -0.15) is 10.4 Å². The standard InChI is InChI=1S/C23H17FN6O2/c1-31-15-8-4-13(5-9-15)21-19-18(16(10-25)22(26)32-23(19)30-29-21)17-11-27-28-20(17)12-2-6-14(24)7-3-12/h2-9,11,18H,26H2,1H3,(H,27,28)(H,29,30). The monoisotopic (exact) mass is 428 g/mol. The molecule has 0 aliphatic carbocycles. The number of ether oxygens (including phenoxy) is 2. The number of hydrogen-bond acceptors (Lipinski definition) is 6. The number of nitrogens with one attached hydrogen (secondary N) is 2. The lowest BCUT2D eigenvalue weighted by Gasteiger charge is -2.24. The number of nitrogens with two attached hydrogens (primary N) is 1. The van der Waals surface area contributed by atoms with Crippen LogP contribution in [-0.2, 0) is 0 Å². The maximum Gasteiger partial charge on any atom is 0.244 e. The zero-order chi connectivity index (χ0) is 22.2. The Morgan fingerprint density at radius 3 is 2.44 bits per heavy atom. The molecule has 1 unspecified atom stereocenters. The second kappa shape index (κ2) is 7.59. The molecule has 1 aliphatic heterocycles. The number of benzene rings is 2. The van der Waals surface area contributed by atoms with Crippen LogP contribution >= 0.6 is 0 Å². The molecular formula is C23H17FN6O2. The van der Waals surface area contributed by atoms with Crippen molar-refractivity contribution in [3.63, 3.8) is 0 Å². The molecule has 32 heavy (non-hydrogen) atoms. The molecule has 4 N–H and O–H groups in total. The maximum absolute atomic E-state index is 13.5. The summed E-state index contributed by atoms with van der Waals surface area (Å²) in [4.78, 5) is 0. The van der Waals surface area contributed by atoms with Crippen molar-refractivity contribution < 1.29 is 13.9 Å². The van der Waals surface area contributed by atoms with Gasteiger partial charge in [0.05, 0.1) is 36.2 Å². The van der Waals surface area contributed by atoms with Gasteiger partial charge in [0.25, 0.3) is 0 Å². The van der Waals surface area contributed by atoms with Crippen molar-refractivity contribution in [2.45, 2.75) is 5.92 Å². The van der Waals surface area contributed by atoms with E-state index in [1.807, 2.05) is 24.3 Å². The third-order valence-electron chi connectivity index (χ3n) is 5.43. The lowest BCUT2D eigenvalue weighted by Crippen LogP contribution is -2.21. The third-order valence-corrected chi connectivity index (χ3v) is 5.43. The molecule has 0 amide bonds. The predicted octanol–water partition coefficient (Wildman–Crippen LogP) is 3.83. The van der Waals surface area contributed by atoms with Crippen LogP contribution in [0.2, 0.25) is 0 Å². The van der Waals surface area contributed by atoms with Gasteiger partial charge in [-0.05, 0) is 48.5 Å². The summed E-state index contributed by atoms with van der Waals surface area (Å²) in [5.74, 6) is 0.0258. The second-order valence-corrected chi connectivity index (χ2v) is 7.18. The number of nitrogens with zero attached hydrogens (tertiary/aromatic N) is 3. The Balaban J connectivity index is 1.70. The van der Waals surface area contributed by atoms with Crippen LogP contribution in [0.15, 0.2) is 66.2 Å². The predicted molar refractivity (Wildman–Crippen MR) is 114 cm³/mol. The first kappa shape index (κ1) is 19.4. The summed E-state index contributed by atoms with van der Waals surface area (Å²) in [6, 6.07) is 15.6. The van der Waals surface area contributed by atoms with Gasteiger partial charge in [-0.1, -0.05) is 0 Å². The highest BCUT2D eigenvalue weighted by Crippen LogP contribution is 2.47. The minimum Gasteiger partial charge on any atom is -0.497 e. The molecule has 1 atom stereocenters. The van der Waals surface area contributed by atoms with Crippen molar-refractivity contribution in [1.29, 1.82) is 5.26 Å². The highest BCUT2D eigenvalue weighted by atomic mass is 19.1. The summed E-state index contributed by atoms with van der Waals surface area (Å²) < 4.78 is 24.4. The van der Waals surface area contributed by atoms with Crippen LogP contribution in [0.5, 0.6) is 11.6 Å². The number of methoxy groups -OCH3 is 1. The van der Waals surface area contributed by atoms with Crippen LogP contribution < -0.4 is 15.2 Å². The molecule has 2 aromatic heterocycles. The summed E-state index contributed by atoms with van der Waals surface area (Å²) in [6.07, 6.45) is 1.63. The molecule has 8 nitrogen and oxygen atoms in total. The fourth-order valence-corrected chi connectivity index (χ4v) is 3.90. The van der Waals surface area contributed by atoms with Crippen molar-refractivity contribution in [2.24, 2.45) is 5.73 Å². The molecular weight excluding hydrogens is 411 g/mol. The number of rotatable bonds is 4. The Morgan fingerprint density at radius 1 is 1.06 bits per heavy atom. The first-order valence-electron chi connectivity index (χ1n) is 9.70. The summed E-state index contributed by atoms with van der Waals surface area (Å²) in [5.41, 5.74) is 10.5. The maximum atomic E-state index is 13.5. The van der Waals surface area contributed by atoms with E-state index in [-0.39, 0.29) is 23.2 Å². The number of nitriles is 1. The molecule has 2 aromatic carbocycles.